The molecule has 0 N–H and O–H groups in total. The molecule has 0 saturated carbocycles. The number of ether oxygens (including phenoxy) is 1. The highest BCUT2D eigenvalue weighted by molar-refractivity contribution is 5.94. The summed E-state index contributed by atoms with van der Waals surface area (Å²) < 4.78 is 43.3. The zero-order valence-electron chi connectivity index (χ0n) is 17.6. The molecule has 31 heavy (non-hydrogen) atoms. The van der Waals surface area contributed by atoms with Crippen LogP contribution in [0.2, 0.25) is 0 Å². The average molecular weight is 432 g/mol. The van der Waals surface area contributed by atoms with E-state index in [4.69, 9.17) is 0 Å². The molecule has 4 rings (SSSR count). The molecule has 3 heterocycles. The fourth-order valence-corrected chi connectivity index (χ4v) is 4.20. The van der Waals surface area contributed by atoms with Crippen LogP contribution in [0.5, 0.6) is 5.75 Å². The number of carbonyl (C=O) groups excluding carboxylic acids is 1. The van der Waals surface area contributed by atoms with Crippen LogP contribution in [0.4, 0.5) is 18.9 Å². The maximum atomic E-state index is 13.0. The van der Waals surface area contributed by atoms with Crippen molar-refractivity contribution >= 4 is 17.2 Å². The Morgan fingerprint density at radius 3 is 2.71 bits per heavy atom. The van der Waals surface area contributed by atoms with Gasteiger partial charge in [-0.25, -0.2) is 9.50 Å². The highest BCUT2D eigenvalue weighted by Crippen LogP contribution is 2.33. The Kier molecular flexibility index (Phi) is 5.36. The fourth-order valence-electron chi connectivity index (χ4n) is 4.20. The summed E-state index contributed by atoms with van der Waals surface area (Å²) in [4.78, 5) is 19.3. The summed E-state index contributed by atoms with van der Waals surface area (Å²) in [6.45, 7) is 6.34. The lowest BCUT2D eigenvalue weighted by atomic mass is 10.00. The molecule has 0 spiro atoms. The first kappa shape index (κ1) is 21.1. The Hall–Kier alpha value is -3.10. The van der Waals surface area contributed by atoms with Gasteiger partial charge in [0.2, 0.25) is 5.91 Å². The van der Waals surface area contributed by atoms with Crippen molar-refractivity contribution in [2.45, 2.75) is 52.8 Å². The summed E-state index contributed by atoms with van der Waals surface area (Å²) in [6, 6.07) is 6.07. The first-order chi connectivity index (χ1) is 14.6. The van der Waals surface area contributed by atoms with Gasteiger partial charge in [-0.2, -0.15) is 5.10 Å². The molecule has 1 aliphatic heterocycles. The SMILES string of the molecule is Cc1cc2nc(C)c(CCC(=O)N3CCCc4cc(OC(F)(F)F)ccc43)c(C)n2n1. The van der Waals surface area contributed by atoms with Gasteiger partial charge in [0.25, 0.3) is 0 Å². The van der Waals surface area contributed by atoms with Gasteiger partial charge >= 0.3 is 6.36 Å². The number of rotatable bonds is 4. The largest absolute Gasteiger partial charge is 0.573 e. The molecule has 0 aliphatic carbocycles. The first-order valence-corrected chi connectivity index (χ1v) is 10.1. The van der Waals surface area contributed by atoms with E-state index in [1.165, 1.54) is 18.2 Å². The smallest absolute Gasteiger partial charge is 0.406 e. The lowest BCUT2D eigenvalue weighted by molar-refractivity contribution is -0.274. The second-order valence-corrected chi connectivity index (χ2v) is 7.80. The van der Waals surface area contributed by atoms with Crippen LogP contribution in [0.1, 0.15) is 41.1 Å². The third-order valence-corrected chi connectivity index (χ3v) is 5.58. The van der Waals surface area contributed by atoms with E-state index in [9.17, 15) is 18.0 Å². The lowest BCUT2D eigenvalue weighted by Gasteiger charge is -2.30. The molecule has 6 nitrogen and oxygen atoms in total. The normalized spacial score (nSPS) is 14.1. The van der Waals surface area contributed by atoms with Gasteiger partial charge in [0.05, 0.1) is 5.69 Å². The summed E-state index contributed by atoms with van der Waals surface area (Å²) in [6.07, 6.45) is -2.66. The molecule has 164 valence electrons. The Labute approximate surface area is 177 Å². The maximum absolute atomic E-state index is 13.0. The van der Waals surface area contributed by atoms with Crippen molar-refractivity contribution in [3.8, 4) is 5.75 Å². The Bertz CT molecular complexity index is 1150. The molecule has 0 atom stereocenters. The number of aryl methyl sites for hydroxylation is 4. The predicted molar refractivity (Wildman–Crippen MR) is 109 cm³/mol. The summed E-state index contributed by atoms with van der Waals surface area (Å²) in [5.74, 6) is -0.332. The van der Waals surface area contributed by atoms with Crippen LogP contribution < -0.4 is 9.64 Å². The van der Waals surface area contributed by atoms with Crippen molar-refractivity contribution in [1.82, 2.24) is 14.6 Å². The number of halogens is 3. The predicted octanol–water partition coefficient (Wildman–Crippen LogP) is 4.47. The fraction of sp³-hybridized carbons (Fsp3) is 0.409. The van der Waals surface area contributed by atoms with E-state index < -0.39 is 6.36 Å². The van der Waals surface area contributed by atoms with Crippen molar-refractivity contribution in [2.75, 3.05) is 11.4 Å². The molecule has 1 aromatic carbocycles. The van der Waals surface area contributed by atoms with E-state index in [0.29, 0.717) is 37.1 Å². The number of hydrogen-bond donors (Lipinski definition) is 0. The topological polar surface area (TPSA) is 59.7 Å². The van der Waals surface area contributed by atoms with Crippen molar-refractivity contribution in [3.63, 3.8) is 0 Å². The number of amides is 1. The summed E-state index contributed by atoms with van der Waals surface area (Å²) in [7, 11) is 0. The third kappa shape index (κ3) is 4.35. The number of fused-ring (bicyclic) bond motifs is 2. The highest BCUT2D eigenvalue weighted by Gasteiger charge is 2.32. The Balaban J connectivity index is 1.52. The van der Waals surface area contributed by atoms with Gasteiger partial charge in [-0.15, -0.1) is 13.2 Å². The van der Waals surface area contributed by atoms with Crippen LogP contribution in [0, 0.1) is 20.8 Å². The van der Waals surface area contributed by atoms with Gasteiger partial charge in [0.15, 0.2) is 5.65 Å². The van der Waals surface area contributed by atoms with E-state index in [-0.39, 0.29) is 18.1 Å². The minimum absolute atomic E-state index is 0.0685. The van der Waals surface area contributed by atoms with Gasteiger partial charge in [0.1, 0.15) is 5.75 Å². The standard InChI is InChI=1S/C22H23F3N4O2/c1-13-11-20-26-14(2)18(15(3)29(20)27-13)7-9-21(30)28-10-4-5-16-12-17(6-8-19(16)28)31-22(23,24)25/h6,8,11-12H,4-5,7,9-10H2,1-3H3. The lowest BCUT2D eigenvalue weighted by Crippen LogP contribution is -2.35. The van der Waals surface area contributed by atoms with Gasteiger partial charge in [-0.3, -0.25) is 4.79 Å². The van der Waals surface area contributed by atoms with Crippen molar-refractivity contribution < 1.29 is 22.7 Å². The summed E-state index contributed by atoms with van der Waals surface area (Å²) >= 11 is 0. The molecule has 0 unspecified atom stereocenters. The highest BCUT2D eigenvalue weighted by atomic mass is 19.4. The van der Waals surface area contributed by atoms with Crippen LogP contribution in [-0.2, 0) is 17.6 Å². The van der Waals surface area contributed by atoms with E-state index >= 15 is 0 Å². The second kappa shape index (κ2) is 7.86. The number of carbonyl (C=O) groups is 1. The number of benzene rings is 1. The van der Waals surface area contributed by atoms with Gasteiger partial charge in [-0.05, 0) is 69.4 Å². The van der Waals surface area contributed by atoms with E-state index in [2.05, 4.69) is 14.8 Å². The molecule has 9 heteroatoms. The van der Waals surface area contributed by atoms with E-state index in [1.807, 2.05) is 26.8 Å². The zero-order valence-corrected chi connectivity index (χ0v) is 17.6. The molecular formula is C22H23F3N4O2. The van der Waals surface area contributed by atoms with Gasteiger partial charge < -0.3 is 9.64 Å². The maximum Gasteiger partial charge on any atom is 0.573 e. The van der Waals surface area contributed by atoms with Gasteiger partial charge in [0, 0.05) is 36.1 Å². The van der Waals surface area contributed by atoms with Crippen LogP contribution in [0.15, 0.2) is 24.3 Å². The number of anilines is 1. The molecule has 2 aromatic heterocycles. The van der Waals surface area contributed by atoms with Crippen LogP contribution in [-0.4, -0.2) is 33.4 Å². The van der Waals surface area contributed by atoms with Crippen molar-refractivity contribution in [1.29, 1.82) is 0 Å². The van der Waals surface area contributed by atoms with Gasteiger partial charge in [-0.1, -0.05) is 0 Å². The van der Waals surface area contributed by atoms with Crippen LogP contribution >= 0.6 is 0 Å². The van der Waals surface area contributed by atoms with E-state index in [0.717, 1.165) is 28.3 Å². The molecule has 0 saturated heterocycles. The minimum atomic E-state index is -4.74. The second-order valence-electron chi connectivity index (χ2n) is 7.80. The number of hydrogen-bond acceptors (Lipinski definition) is 4. The van der Waals surface area contributed by atoms with Crippen molar-refractivity contribution in [2.24, 2.45) is 0 Å². The third-order valence-electron chi connectivity index (χ3n) is 5.58. The zero-order chi connectivity index (χ0) is 22.3. The number of aromatic nitrogens is 3. The van der Waals surface area contributed by atoms with Crippen molar-refractivity contribution in [3.05, 3.63) is 52.5 Å². The van der Waals surface area contributed by atoms with Crippen LogP contribution in [0.25, 0.3) is 5.65 Å². The molecule has 0 fully saturated rings. The average Bonchev–Trinajstić information content (AvgIpc) is 3.06. The summed E-state index contributed by atoms with van der Waals surface area (Å²) in [5.41, 5.74) is 5.79. The molecule has 0 radical (unpaired) electrons. The molecule has 1 amide bonds. The Morgan fingerprint density at radius 2 is 1.97 bits per heavy atom. The molecular weight excluding hydrogens is 409 g/mol. The quantitative estimate of drug-likeness (QED) is 0.611. The molecule has 0 bridgehead atoms. The molecule has 1 aliphatic rings. The molecule has 3 aromatic rings. The first-order valence-electron chi connectivity index (χ1n) is 10.1. The summed E-state index contributed by atoms with van der Waals surface area (Å²) in [5, 5.41) is 4.46. The minimum Gasteiger partial charge on any atom is -0.406 e. The number of alkyl halides is 3. The monoisotopic (exact) mass is 432 g/mol. The van der Waals surface area contributed by atoms with E-state index in [1.54, 1.807) is 9.42 Å². The Morgan fingerprint density at radius 1 is 1.19 bits per heavy atom. The van der Waals surface area contributed by atoms with Crippen LogP contribution in [0.3, 0.4) is 0 Å². The number of nitrogens with zero attached hydrogens (tertiary/aromatic N) is 4.